The first-order valence-electron chi connectivity index (χ1n) is 7.75. The summed E-state index contributed by atoms with van der Waals surface area (Å²) in [6, 6.07) is 3.67. The standard InChI is InChI=1S/C16H20ClFN4O3/c1-4-16(2)14(24)22(15(25)19-16)20-13(23)9-21(3)8-10-11(17)6-5-7-12(10)18/h5-7H,4,8-9H2,1-3H3,(H,19,25)(H,20,23). The molecule has 2 N–H and O–H groups in total. The minimum Gasteiger partial charge on any atom is -0.322 e. The van der Waals surface area contributed by atoms with Crippen LogP contribution in [0.15, 0.2) is 18.2 Å². The fourth-order valence-corrected chi connectivity index (χ4v) is 2.66. The quantitative estimate of drug-likeness (QED) is 0.746. The molecule has 0 aliphatic carbocycles. The first-order chi connectivity index (χ1) is 11.7. The molecule has 1 aromatic carbocycles. The van der Waals surface area contributed by atoms with Crippen molar-refractivity contribution in [2.24, 2.45) is 0 Å². The zero-order valence-corrected chi connectivity index (χ0v) is 15.0. The number of carbonyl (C=O) groups is 3. The molecule has 1 fully saturated rings. The molecule has 25 heavy (non-hydrogen) atoms. The van der Waals surface area contributed by atoms with Gasteiger partial charge in [0.25, 0.3) is 11.8 Å². The highest BCUT2D eigenvalue weighted by molar-refractivity contribution is 6.31. The summed E-state index contributed by atoms with van der Waals surface area (Å²) >= 11 is 5.96. The van der Waals surface area contributed by atoms with Gasteiger partial charge in [0, 0.05) is 17.1 Å². The third-order valence-electron chi connectivity index (χ3n) is 4.11. The van der Waals surface area contributed by atoms with Gasteiger partial charge in [-0.05, 0) is 32.5 Å². The van der Waals surface area contributed by atoms with Crippen molar-refractivity contribution >= 4 is 29.4 Å². The number of likely N-dealkylation sites (N-methyl/N-ethyl adjacent to an activating group) is 1. The number of benzene rings is 1. The maximum atomic E-state index is 13.8. The van der Waals surface area contributed by atoms with Crippen molar-refractivity contribution in [1.29, 1.82) is 0 Å². The number of halogens is 2. The van der Waals surface area contributed by atoms with Gasteiger partial charge in [0.05, 0.1) is 6.54 Å². The highest BCUT2D eigenvalue weighted by atomic mass is 35.5. The zero-order chi connectivity index (χ0) is 18.8. The minimum atomic E-state index is -1.03. The number of imide groups is 1. The van der Waals surface area contributed by atoms with Crippen molar-refractivity contribution in [3.05, 3.63) is 34.6 Å². The number of nitrogens with one attached hydrogen (secondary N) is 2. The Labute approximate surface area is 150 Å². The fraction of sp³-hybridized carbons (Fsp3) is 0.438. The van der Waals surface area contributed by atoms with Gasteiger partial charge in [-0.15, -0.1) is 0 Å². The predicted molar refractivity (Wildman–Crippen MR) is 90.0 cm³/mol. The number of amides is 4. The monoisotopic (exact) mass is 370 g/mol. The zero-order valence-electron chi connectivity index (χ0n) is 14.2. The molecule has 0 saturated carbocycles. The van der Waals surface area contributed by atoms with E-state index < -0.39 is 29.2 Å². The van der Waals surface area contributed by atoms with E-state index in [1.54, 1.807) is 27.0 Å². The van der Waals surface area contributed by atoms with E-state index in [-0.39, 0.29) is 23.7 Å². The van der Waals surface area contributed by atoms with E-state index >= 15 is 0 Å². The Balaban J connectivity index is 1.96. The van der Waals surface area contributed by atoms with Gasteiger partial charge in [0.15, 0.2) is 0 Å². The van der Waals surface area contributed by atoms with Crippen LogP contribution in [0, 0.1) is 5.82 Å². The van der Waals surface area contributed by atoms with Gasteiger partial charge in [-0.25, -0.2) is 9.18 Å². The fourth-order valence-electron chi connectivity index (χ4n) is 2.44. The average molecular weight is 371 g/mol. The summed E-state index contributed by atoms with van der Waals surface area (Å²) in [6.45, 7) is 3.30. The summed E-state index contributed by atoms with van der Waals surface area (Å²) in [4.78, 5) is 37.7. The van der Waals surface area contributed by atoms with Gasteiger partial charge in [-0.2, -0.15) is 5.01 Å². The summed E-state index contributed by atoms with van der Waals surface area (Å²) < 4.78 is 13.8. The molecule has 1 aliphatic heterocycles. The van der Waals surface area contributed by atoms with Crippen LogP contribution in [-0.2, 0) is 16.1 Å². The normalized spacial score (nSPS) is 20.2. The number of rotatable bonds is 6. The summed E-state index contributed by atoms with van der Waals surface area (Å²) in [7, 11) is 1.60. The first-order valence-corrected chi connectivity index (χ1v) is 8.13. The van der Waals surface area contributed by atoms with Crippen LogP contribution in [0.25, 0.3) is 0 Å². The third kappa shape index (κ3) is 4.08. The molecule has 0 aromatic heterocycles. The second kappa shape index (κ2) is 7.37. The van der Waals surface area contributed by atoms with E-state index in [0.29, 0.717) is 11.4 Å². The van der Waals surface area contributed by atoms with Crippen molar-refractivity contribution in [3.63, 3.8) is 0 Å². The number of hydrogen-bond acceptors (Lipinski definition) is 4. The minimum absolute atomic E-state index is 0.103. The van der Waals surface area contributed by atoms with E-state index in [1.807, 2.05) is 0 Å². The van der Waals surface area contributed by atoms with Crippen molar-refractivity contribution in [1.82, 2.24) is 20.7 Å². The summed E-state index contributed by atoms with van der Waals surface area (Å²) in [5, 5.41) is 3.48. The molecule has 1 aliphatic rings. The number of nitrogens with zero attached hydrogens (tertiary/aromatic N) is 2. The molecule has 136 valence electrons. The van der Waals surface area contributed by atoms with Crippen LogP contribution >= 0.6 is 11.6 Å². The Bertz CT molecular complexity index is 694. The molecule has 0 radical (unpaired) electrons. The molecule has 1 unspecified atom stereocenters. The molecule has 9 heteroatoms. The largest absolute Gasteiger partial charge is 0.344 e. The SMILES string of the molecule is CCC1(C)NC(=O)N(NC(=O)CN(C)Cc2c(F)cccc2Cl)C1=O. The van der Waals surface area contributed by atoms with Crippen molar-refractivity contribution < 1.29 is 18.8 Å². The number of carbonyl (C=O) groups excluding carboxylic acids is 3. The van der Waals surface area contributed by atoms with Gasteiger partial charge < -0.3 is 5.32 Å². The molecular weight excluding hydrogens is 351 g/mol. The molecule has 1 aromatic rings. The first kappa shape index (κ1) is 19.1. The molecular formula is C16H20ClFN4O3. The lowest BCUT2D eigenvalue weighted by Gasteiger charge is -2.21. The molecule has 7 nitrogen and oxygen atoms in total. The summed E-state index contributed by atoms with van der Waals surface area (Å²) in [5.74, 6) is -1.56. The molecule has 1 atom stereocenters. The van der Waals surface area contributed by atoms with E-state index in [1.165, 1.54) is 17.0 Å². The molecule has 2 rings (SSSR count). The second-order valence-electron chi connectivity index (χ2n) is 6.16. The van der Waals surface area contributed by atoms with Crippen LogP contribution in [0.4, 0.5) is 9.18 Å². The van der Waals surface area contributed by atoms with Crippen molar-refractivity contribution in [2.45, 2.75) is 32.4 Å². The van der Waals surface area contributed by atoms with E-state index in [2.05, 4.69) is 10.7 Å². The van der Waals surface area contributed by atoms with Gasteiger partial charge >= 0.3 is 6.03 Å². The van der Waals surface area contributed by atoms with Crippen LogP contribution < -0.4 is 10.7 Å². The Kier molecular flexibility index (Phi) is 5.64. The lowest BCUT2D eigenvalue weighted by Crippen LogP contribution is -2.50. The average Bonchev–Trinajstić information content (AvgIpc) is 2.75. The Morgan fingerprint density at radius 3 is 2.68 bits per heavy atom. The van der Waals surface area contributed by atoms with E-state index in [0.717, 1.165) is 0 Å². The number of urea groups is 1. The number of hydrogen-bond donors (Lipinski definition) is 2. The Morgan fingerprint density at radius 1 is 1.44 bits per heavy atom. The van der Waals surface area contributed by atoms with Gasteiger partial charge in [-0.3, -0.25) is 19.9 Å². The molecule has 1 saturated heterocycles. The molecule has 0 bridgehead atoms. The van der Waals surface area contributed by atoms with Crippen molar-refractivity contribution in [2.75, 3.05) is 13.6 Å². The van der Waals surface area contributed by atoms with Gasteiger partial charge in [0.2, 0.25) is 0 Å². The summed E-state index contributed by atoms with van der Waals surface area (Å²) in [5.41, 5.74) is 1.52. The second-order valence-corrected chi connectivity index (χ2v) is 6.57. The van der Waals surface area contributed by atoms with Crippen LogP contribution in [0.1, 0.15) is 25.8 Å². The lowest BCUT2D eigenvalue weighted by molar-refractivity contribution is -0.139. The molecule has 1 heterocycles. The maximum absolute atomic E-state index is 13.8. The Morgan fingerprint density at radius 2 is 2.12 bits per heavy atom. The van der Waals surface area contributed by atoms with E-state index in [9.17, 15) is 18.8 Å². The number of hydrazine groups is 1. The van der Waals surface area contributed by atoms with Crippen LogP contribution in [-0.4, -0.2) is 46.9 Å². The smallest absolute Gasteiger partial charge is 0.322 e. The third-order valence-corrected chi connectivity index (χ3v) is 4.46. The maximum Gasteiger partial charge on any atom is 0.344 e. The predicted octanol–water partition coefficient (Wildman–Crippen LogP) is 1.66. The summed E-state index contributed by atoms with van der Waals surface area (Å²) in [6.07, 6.45) is 0.398. The lowest BCUT2D eigenvalue weighted by atomic mass is 10.00. The van der Waals surface area contributed by atoms with Gasteiger partial charge in [0.1, 0.15) is 11.4 Å². The molecule has 4 amide bonds. The van der Waals surface area contributed by atoms with E-state index in [4.69, 9.17) is 11.6 Å². The molecule has 0 spiro atoms. The van der Waals surface area contributed by atoms with Crippen LogP contribution in [0.5, 0.6) is 0 Å². The van der Waals surface area contributed by atoms with Crippen LogP contribution in [0.2, 0.25) is 5.02 Å². The topological polar surface area (TPSA) is 81.8 Å². The van der Waals surface area contributed by atoms with Gasteiger partial charge in [-0.1, -0.05) is 24.6 Å². The highest BCUT2D eigenvalue weighted by Gasteiger charge is 2.47. The Hall–Kier alpha value is -2.19. The van der Waals surface area contributed by atoms with Crippen molar-refractivity contribution in [3.8, 4) is 0 Å². The van der Waals surface area contributed by atoms with Crippen LogP contribution in [0.3, 0.4) is 0 Å². The highest BCUT2D eigenvalue weighted by Crippen LogP contribution is 2.21.